The Bertz CT molecular complexity index is 668. The van der Waals surface area contributed by atoms with Crippen molar-refractivity contribution in [2.75, 3.05) is 33.2 Å². The second-order valence-electron chi connectivity index (χ2n) is 9.03. The van der Waals surface area contributed by atoms with Crippen LogP contribution in [0.15, 0.2) is 60.7 Å². The fourth-order valence-electron chi connectivity index (χ4n) is 5.17. The third-order valence-corrected chi connectivity index (χ3v) is 6.91. The molecule has 2 aliphatic rings. The Kier molecular flexibility index (Phi) is 7.37. The summed E-state index contributed by atoms with van der Waals surface area (Å²) < 4.78 is 0. The first-order valence-corrected chi connectivity index (χ1v) is 11.5. The van der Waals surface area contributed by atoms with Crippen LogP contribution >= 0.6 is 0 Å². The fourth-order valence-corrected chi connectivity index (χ4v) is 5.17. The molecule has 3 nitrogen and oxygen atoms in total. The molecule has 0 amide bonds. The van der Waals surface area contributed by atoms with Gasteiger partial charge >= 0.3 is 0 Å². The zero-order valence-electron chi connectivity index (χ0n) is 18.0. The predicted molar refractivity (Wildman–Crippen MR) is 122 cm³/mol. The van der Waals surface area contributed by atoms with Gasteiger partial charge in [0.25, 0.3) is 0 Å². The summed E-state index contributed by atoms with van der Waals surface area (Å²) in [4.78, 5) is 8.02. The molecule has 2 aromatic rings. The Morgan fingerprint density at radius 3 is 1.90 bits per heavy atom. The van der Waals surface area contributed by atoms with Crippen LogP contribution < -0.4 is 0 Å². The average molecular weight is 392 g/mol. The lowest BCUT2D eigenvalue weighted by Crippen LogP contribution is -2.44. The Morgan fingerprint density at radius 2 is 1.31 bits per heavy atom. The van der Waals surface area contributed by atoms with E-state index in [4.69, 9.17) is 0 Å². The lowest BCUT2D eigenvalue weighted by Gasteiger charge is -2.40. The van der Waals surface area contributed by atoms with E-state index in [0.29, 0.717) is 6.04 Å². The number of benzene rings is 2. The van der Waals surface area contributed by atoms with Gasteiger partial charge in [0.15, 0.2) is 0 Å². The lowest BCUT2D eigenvalue weighted by atomic mass is 9.88. The van der Waals surface area contributed by atoms with E-state index >= 15 is 0 Å². The maximum Gasteiger partial charge on any atom is 0.0240 e. The van der Waals surface area contributed by atoms with E-state index in [0.717, 1.165) is 19.1 Å². The molecule has 1 saturated heterocycles. The molecule has 1 saturated carbocycles. The second kappa shape index (κ2) is 10.4. The number of hydrogen-bond acceptors (Lipinski definition) is 3. The summed E-state index contributed by atoms with van der Waals surface area (Å²) in [5.74, 6) is 0. The molecule has 156 valence electrons. The summed E-state index contributed by atoms with van der Waals surface area (Å²) in [5, 5.41) is 0. The Morgan fingerprint density at radius 1 is 0.724 bits per heavy atom. The Hall–Kier alpha value is -1.68. The molecule has 2 fully saturated rings. The minimum Gasteiger partial charge on any atom is -0.305 e. The average Bonchev–Trinajstić information content (AvgIpc) is 2.99. The van der Waals surface area contributed by atoms with E-state index in [1.807, 2.05) is 0 Å². The molecule has 2 aromatic carbocycles. The van der Waals surface area contributed by atoms with Gasteiger partial charge in [0.2, 0.25) is 0 Å². The lowest BCUT2D eigenvalue weighted by molar-refractivity contribution is 0.0878. The van der Waals surface area contributed by atoms with Crippen LogP contribution in [-0.2, 0) is 13.1 Å². The third-order valence-electron chi connectivity index (χ3n) is 6.91. The van der Waals surface area contributed by atoms with Crippen LogP contribution in [0.5, 0.6) is 0 Å². The minimum absolute atomic E-state index is 0.696. The van der Waals surface area contributed by atoms with Crippen LogP contribution in [0.4, 0.5) is 0 Å². The van der Waals surface area contributed by atoms with Crippen LogP contribution in [0, 0.1) is 0 Å². The Balaban J connectivity index is 1.39. The summed E-state index contributed by atoms with van der Waals surface area (Å²) >= 11 is 0. The van der Waals surface area contributed by atoms with Gasteiger partial charge in [0.05, 0.1) is 0 Å². The topological polar surface area (TPSA) is 9.72 Å². The van der Waals surface area contributed by atoms with E-state index in [9.17, 15) is 0 Å². The molecular formula is C26H37N3. The van der Waals surface area contributed by atoms with Gasteiger partial charge in [-0.1, -0.05) is 60.7 Å². The highest BCUT2D eigenvalue weighted by molar-refractivity contribution is 5.17. The predicted octanol–water partition coefficient (Wildman–Crippen LogP) is 4.64. The van der Waals surface area contributed by atoms with Gasteiger partial charge in [-0.25, -0.2) is 0 Å². The molecule has 1 aliphatic carbocycles. The van der Waals surface area contributed by atoms with Crippen LogP contribution in [0.2, 0.25) is 0 Å². The highest BCUT2D eigenvalue weighted by Gasteiger charge is 2.29. The van der Waals surface area contributed by atoms with Gasteiger partial charge in [-0.05, 0) is 63.4 Å². The highest BCUT2D eigenvalue weighted by Crippen LogP contribution is 2.29. The smallest absolute Gasteiger partial charge is 0.0240 e. The van der Waals surface area contributed by atoms with Crippen molar-refractivity contribution in [2.45, 2.75) is 57.3 Å². The van der Waals surface area contributed by atoms with Crippen LogP contribution in [0.1, 0.15) is 43.2 Å². The van der Waals surface area contributed by atoms with E-state index in [1.54, 1.807) is 0 Å². The first kappa shape index (κ1) is 20.6. The van der Waals surface area contributed by atoms with E-state index in [1.165, 1.54) is 69.4 Å². The second-order valence-corrected chi connectivity index (χ2v) is 9.03. The first-order valence-electron chi connectivity index (χ1n) is 11.5. The van der Waals surface area contributed by atoms with Crippen molar-refractivity contribution >= 4 is 0 Å². The summed E-state index contributed by atoms with van der Waals surface area (Å²) in [7, 11) is 2.27. The largest absolute Gasteiger partial charge is 0.305 e. The number of likely N-dealkylation sites (N-methyl/N-ethyl adjacent to an activating group) is 1. The summed E-state index contributed by atoms with van der Waals surface area (Å²) in [6.07, 6.45) is 6.70. The SMILES string of the molecule is CN1CCCN(C2CCC(N(Cc3ccccc3)Cc3ccccc3)CC2)CC1. The fraction of sp³-hybridized carbons (Fsp3) is 0.538. The monoisotopic (exact) mass is 391 g/mol. The van der Waals surface area contributed by atoms with E-state index in [2.05, 4.69) is 82.4 Å². The van der Waals surface area contributed by atoms with Crippen molar-refractivity contribution in [3.8, 4) is 0 Å². The molecule has 0 bridgehead atoms. The third kappa shape index (κ3) is 5.91. The van der Waals surface area contributed by atoms with Crippen molar-refractivity contribution in [2.24, 2.45) is 0 Å². The first-order chi connectivity index (χ1) is 14.3. The van der Waals surface area contributed by atoms with Gasteiger partial charge in [-0.15, -0.1) is 0 Å². The molecule has 4 rings (SSSR count). The molecule has 0 unspecified atom stereocenters. The maximum absolute atomic E-state index is 2.79. The van der Waals surface area contributed by atoms with Crippen molar-refractivity contribution in [1.29, 1.82) is 0 Å². The summed E-state index contributed by atoms with van der Waals surface area (Å²) in [5.41, 5.74) is 2.86. The van der Waals surface area contributed by atoms with Crippen molar-refractivity contribution < 1.29 is 0 Å². The van der Waals surface area contributed by atoms with E-state index < -0.39 is 0 Å². The molecule has 0 spiro atoms. The number of hydrogen-bond donors (Lipinski definition) is 0. The minimum atomic E-state index is 0.696. The molecule has 29 heavy (non-hydrogen) atoms. The Labute approximate surface area is 177 Å². The van der Waals surface area contributed by atoms with Gasteiger partial charge in [-0.3, -0.25) is 9.80 Å². The number of nitrogens with zero attached hydrogens (tertiary/aromatic N) is 3. The number of rotatable bonds is 6. The quantitative estimate of drug-likeness (QED) is 0.710. The molecule has 3 heteroatoms. The zero-order chi connectivity index (χ0) is 19.9. The molecule has 1 aliphatic heterocycles. The standard InChI is InChI=1S/C26H37N3/c1-27-17-8-18-28(20-19-27)25-13-15-26(16-14-25)29(21-23-9-4-2-5-10-23)22-24-11-6-3-7-12-24/h2-7,9-12,25-26H,8,13-22H2,1H3. The van der Waals surface area contributed by atoms with Crippen LogP contribution in [0.25, 0.3) is 0 Å². The molecule has 0 aromatic heterocycles. The summed E-state index contributed by atoms with van der Waals surface area (Å²) in [6.45, 7) is 7.14. The molecule has 1 heterocycles. The molecular weight excluding hydrogens is 354 g/mol. The van der Waals surface area contributed by atoms with E-state index in [-0.39, 0.29) is 0 Å². The van der Waals surface area contributed by atoms with Gasteiger partial charge < -0.3 is 4.90 Å². The van der Waals surface area contributed by atoms with Crippen LogP contribution in [-0.4, -0.2) is 60.0 Å². The van der Waals surface area contributed by atoms with Gasteiger partial charge in [-0.2, -0.15) is 0 Å². The van der Waals surface area contributed by atoms with Crippen molar-refractivity contribution in [3.05, 3.63) is 71.8 Å². The van der Waals surface area contributed by atoms with Gasteiger partial charge in [0, 0.05) is 38.3 Å². The zero-order valence-corrected chi connectivity index (χ0v) is 18.0. The van der Waals surface area contributed by atoms with Gasteiger partial charge in [0.1, 0.15) is 0 Å². The van der Waals surface area contributed by atoms with Crippen molar-refractivity contribution in [1.82, 2.24) is 14.7 Å². The molecule has 0 radical (unpaired) electrons. The normalized spacial score (nSPS) is 24.5. The maximum atomic E-state index is 2.79. The highest BCUT2D eigenvalue weighted by atomic mass is 15.2. The molecule has 0 atom stereocenters. The van der Waals surface area contributed by atoms with Crippen molar-refractivity contribution in [3.63, 3.8) is 0 Å². The summed E-state index contributed by atoms with van der Waals surface area (Å²) in [6, 6.07) is 23.5. The molecule has 0 N–H and O–H groups in total. The van der Waals surface area contributed by atoms with Crippen LogP contribution in [0.3, 0.4) is 0 Å².